The maximum Gasteiger partial charge on any atom is 0.115 e. The zero-order chi connectivity index (χ0) is 22.3. The maximum absolute atomic E-state index is 9.61. The normalized spacial score (nSPS) is 11.0. The number of benzene rings is 4. The minimum absolute atomic E-state index is 0.279. The Labute approximate surface area is 189 Å². The largest absolute Gasteiger partial charge is 0.508 e. The number of aromatic hydroxyl groups is 3. The Morgan fingerprint density at radius 3 is 1.09 bits per heavy atom. The van der Waals surface area contributed by atoms with Crippen molar-refractivity contribution < 1.29 is 15.3 Å². The van der Waals surface area contributed by atoms with Gasteiger partial charge in [0.15, 0.2) is 0 Å². The average molecular weight is 425 g/mol. The molecule has 3 heteroatoms. The summed E-state index contributed by atoms with van der Waals surface area (Å²) in [5, 5.41) is 28.7. The fraction of sp³-hybridized carbons (Fsp3) is 0.172. The van der Waals surface area contributed by atoms with E-state index in [0.717, 1.165) is 25.7 Å². The van der Waals surface area contributed by atoms with Crippen LogP contribution in [0, 0.1) is 0 Å². The molecule has 0 unspecified atom stereocenters. The number of phenols is 3. The van der Waals surface area contributed by atoms with Gasteiger partial charge in [-0.2, -0.15) is 0 Å². The van der Waals surface area contributed by atoms with Gasteiger partial charge in [-0.15, -0.1) is 0 Å². The van der Waals surface area contributed by atoms with Crippen LogP contribution in [0.1, 0.15) is 33.7 Å². The van der Waals surface area contributed by atoms with Gasteiger partial charge in [-0.3, -0.25) is 0 Å². The van der Waals surface area contributed by atoms with Crippen LogP contribution in [0.5, 0.6) is 17.2 Å². The van der Waals surface area contributed by atoms with E-state index in [0.29, 0.717) is 5.75 Å². The van der Waals surface area contributed by atoms with E-state index in [1.807, 2.05) is 36.4 Å². The summed E-state index contributed by atoms with van der Waals surface area (Å²) < 4.78 is 0. The van der Waals surface area contributed by atoms with Crippen LogP contribution in [-0.4, -0.2) is 15.3 Å². The second kappa shape index (κ2) is 10.1. The predicted molar refractivity (Wildman–Crippen MR) is 128 cm³/mol. The molecule has 0 heterocycles. The molecule has 0 bridgehead atoms. The number of aryl methyl sites for hydroxylation is 2. The highest BCUT2D eigenvalue weighted by Gasteiger charge is 2.14. The first-order chi connectivity index (χ1) is 15.5. The van der Waals surface area contributed by atoms with Gasteiger partial charge in [-0.05, 0) is 95.8 Å². The summed E-state index contributed by atoms with van der Waals surface area (Å²) in [7, 11) is 0. The van der Waals surface area contributed by atoms with E-state index < -0.39 is 0 Å². The second-order valence-electron chi connectivity index (χ2n) is 8.35. The van der Waals surface area contributed by atoms with Crippen molar-refractivity contribution in [3.63, 3.8) is 0 Å². The second-order valence-corrected chi connectivity index (χ2v) is 8.35. The molecule has 32 heavy (non-hydrogen) atoms. The lowest BCUT2D eigenvalue weighted by atomic mass is 9.86. The molecule has 0 saturated heterocycles. The Balaban J connectivity index is 1.49. The molecule has 0 fully saturated rings. The molecule has 0 amide bonds. The van der Waals surface area contributed by atoms with Gasteiger partial charge in [-0.1, -0.05) is 60.7 Å². The molecular formula is C29H28O3. The quantitative estimate of drug-likeness (QED) is 0.318. The molecule has 4 aromatic carbocycles. The molecule has 0 saturated carbocycles. The highest BCUT2D eigenvalue weighted by molar-refractivity contribution is 5.34. The van der Waals surface area contributed by atoms with E-state index in [1.54, 1.807) is 36.4 Å². The Hall–Kier alpha value is -3.72. The third kappa shape index (κ3) is 5.92. The third-order valence-corrected chi connectivity index (χ3v) is 5.93. The smallest absolute Gasteiger partial charge is 0.115 e. The zero-order valence-corrected chi connectivity index (χ0v) is 18.0. The molecule has 3 N–H and O–H groups in total. The lowest BCUT2D eigenvalue weighted by Crippen LogP contribution is -2.07. The van der Waals surface area contributed by atoms with Gasteiger partial charge in [0, 0.05) is 0 Å². The van der Waals surface area contributed by atoms with Gasteiger partial charge in [-0.25, -0.2) is 0 Å². The first-order valence-corrected chi connectivity index (χ1v) is 11.0. The Morgan fingerprint density at radius 1 is 0.406 bits per heavy atom. The molecule has 0 aliphatic rings. The zero-order valence-electron chi connectivity index (χ0n) is 18.0. The molecule has 3 nitrogen and oxygen atoms in total. The van der Waals surface area contributed by atoms with Crippen molar-refractivity contribution in [1.29, 1.82) is 0 Å². The van der Waals surface area contributed by atoms with Crippen LogP contribution in [0.4, 0.5) is 0 Å². The number of rotatable bonds is 8. The minimum atomic E-state index is 0.279. The molecule has 4 rings (SSSR count). The molecule has 0 aliphatic carbocycles. The Kier molecular flexibility index (Phi) is 6.76. The third-order valence-electron chi connectivity index (χ3n) is 5.93. The van der Waals surface area contributed by atoms with Gasteiger partial charge in [0.25, 0.3) is 0 Å². The molecule has 0 atom stereocenters. The summed E-state index contributed by atoms with van der Waals surface area (Å²) >= 11 is 0. The van der Waals surface area contributed by atoms with E-state index in [9.17, 15) is 15.3 Å². The molecular weight excluding hydrogens is 396 g/mol. The summed E-state index contributed by atoms with van der Waals surface area (Å²) in [6.07, 6.45) is 3.62. The van der Waals surface area contributed by atoms with Crippen molar-refractivity contribution in [2.24, 2.45) is 0 Å². The standard InChI is InChI=1S/C29H28O3/c30-27-13-5-22(6-14-27)2-1-21-3-11-25(12-4-21)26(19-23-7-15-28(31)16-8-23)20-24-9-17-29(32)18-10-24/h3-18,26,30-32H,1-2,19-20H2. The predicted octanol–water partition coefficient (Wildman–Crippen LogP) is 6.16. The minimum Gasteiger partial charge on any atom is -0.508 e. The fourth-order valence-electron chi connectivity index (χ4n) is 4.05. The summed E-state index contributed by atoms with van der Waals surface area (Å²) in [5.41, 5.74) is 6.14. The molecule has 0 spiro atoms. The lowest BCUT2D eigenvalue weighted by Gasteiger charge is -2.19. The van der Waals surface area contributed by atoms with E-state index >= 15 is 0 Å². The molecule has 0 aliphatic heterocycles. The average Bonchev–Trinajstić information content (AvgIpc) is 2.81. The van der Waals surface area contributed by atoms with Crippen molar-refractivity contribution >= 4 is 0 Å². The number of hydrogen-bond acceptors (Lipinski definition) is 3. The van der Waals surface area contributed by atoms with Crippen LogP contribution >= 0.6 is 0 Å². The van der Waals surface area contributed by atoms with Crippen LogP contribution in [0.2, 0.25) is 0 Å². The van der Waals surface area contributed by atoms with Crippen LogP contribution in [-0.2, 0) is 25.7 Å². The number of hydrogen-bond donors (Lipinski definition) is 3. The van der Waals surface area contributed by atoms with Crippen molar-refractivity contribution in [2.45, 2.75) is 31.6 Å². The van der Waals surface area contributed by atoms with Crippen LogP contribution in [0.25, 0.3) is 0 Å². The molecule has 0 aromatic heterocycles. The summed E-state index contributed by atoms with van der Waals surface area (Å²) in [6.45, 7) is 0. The van der Waals surface area contributed by atoms with E-state index in [1.165, 1.54) is 27.8 Å². The Morgan fingerprint density at radius 2 is 0.719 bits per heavy atom. The van der Waals surface area contributed by atoms with Gasteiger partial charge in [0.2, 0.25) is 0 Å². The van der Waals surface area contributed by atoms with E-state index in [2.05, 4.69) is 24.3 Å². The molecule has 4 aromatic rings. The Bertz CT molecular complexity index is 1070. The van der Waals surface area contributed by atoms with Crippen molar-refractivity contribution in [3.8, 4) is 17.2 Å². The van der Waals surface area contributed by atoms with Gasteiger partial charge >= 0.3 is 0 Å². The summed E-state index contributed by atoms with van der Waals surface area (Å²) in [4.78, 5) is 0. The SMILES string of the molecule is Oc1ccc(CCc2ccc(C(Cc3ccc(O)cc3)Cc3ccc(O)cc3)cc2)cc1. The van der Waals surface area contributed by atoms with Crippen LogP contribution in [0.3, 0.4) is 0 Å². The van der Waals surface area contributed by atoms with Crippen molar-refractivity contribution in [3.05, 3.63) is 125 Å². The highest BCUT2D eigenvalue weighted by atomic mass is 16.3. The summed E-state index contributed by atoms with van der Waals surface area (Å²) in [5.74, 6) is 1.14. The monoisotopic (exact) mass is 424 g/mol. The van der Waals surface area contributed by atoms with E-state index in [-0.39, 0.29) is 17.4 Å². The van der Waals surface area contributed by atoms with Crippen LogP contribution in [0.15, 0.2) is 97.1 Å². The van der Waals surface area contributed by atoms with Crippen LogP contribution < -0.4 is 0 Å². The van der Waals surface area contributed by atoms with Gasteiger partial charge in [0.1, 0.15) is 17.2 Å². The first-order valence-electron chi connectivity index (χ1n) is 11.0. The fourth-order valence-corrected chi connectivity index (χ4v) is 4.05. The van der Waals surface area contributed by atoms with Crippen molar-refractivity contribution in [1.82, 2.24) is 0 Å². The topological polar surface area (TPSA) is 60.7 Å². The van der Waals surface area contributed by atoms with Gasteiger partial charge in [0.05, 0.1) is 0 Å². The van der Waals surface area contributed by atoms with Crippen molar-refractivity contribution in [2.75, 3.05) is 0 Å². The highest BCUT2D eigenvalue weighted by Crippen LogP contribution is 2.27. The number of phenolic OH excluding ortho intramolecular Hbond substituents is 3. The maximum atomic E-state index is 9.61. The lowest BCUT2D eigenvalue weighted by molar-refractivity contribution is 0.474. The van der Waals surface area contributed by atoms with Gasteiger partial charge < -0.3 is 15.3 Å². The van der Waals surface area contributed by atoms with E-state index in [4.69, 9.17) is 0 Å². The summed E-state index contributed by atoms with van der Waals surface area (Å²) in [6, 6.07) is 31.1. The first kappa shape index (κ1) is 21.5. The molecule has 162 valence electrons. The molecule has 0 radical (unpaired) electrons.